The van der Waals surface area contributed by atoms with E-state index in [1.165, 1.54) is 0 Å². The van der Waals surface area contributed by atoms with Crippen molar-refractivity contribution in [3.63, 3.8) is 0 Å². The van der Waals surface area contributed by atoms with Crippen LogP contribution in [0.1, 0.15) is 20.7 Å². The van der Waals surface area contributed by atoms with Gasteiger partial charge in [-0.05, 0) is 96.5 Å². The van der Waals surface area contributed by atoms with Crippen LogP contribution in [-0.2, 0) is 0 Å². The normalized spacial score (nSPS) is 11.9. The van der Waals surface area contributed by atoms with Crippen molar-refractivity contribution in [1.29, 1.82) is 0 Å². The Kier molecular flexibility index (Phi) is 10.8. The molecule has 0 saturated heterocycles. The molecule has 2 aliphatic heterocycles. The highest BCUT2D eigenvalue weighted by Gasteiger charge is 2.22. The van der Waals surface area contributed by atoms with Gasteiger partial charge in [-0.2, -0.15) is 0 Å². The van der Waals surface area contributed by atoms with Gasteiger partial charge in [-0.1, -0.05) is 36.4 Å². The summed E-state index contributed by atoms with van der Waals surface area (Å²) in [6.07, 6.45) is 3.46. The molecule has 3 N–H and O–H groups in total. The fourth-order valence-electron chi connectivity index (χ4n) is 6.45. The molecule has 4 aromatic heterocycles. The zero-order valence-electron chi connectivity index (χ0n) is 30.6. The summed E-state index contributed by atoms with van der Waals surface area (Å²) in [6, 6.07) is 36.3. The van der Waals surface area contributed by atoms with E-state index in [2.05, 4.69) is 19.9 Å². The minimum atomic E-state index is -0.966. The van der Waals surface area contributed by atoms with Crippen molar-refractivity contribution in [3.8, 4) is 91.1 Å². The number of aromatic carboxylic acids is 1. The number of benzene rings is 4. The average Bonchev–Trinajstić information content (AvgIpc) is 4.10. The van der Waals surface area contributed by atoms with Crippen molar-refractivity contribution in [2.24, 2.45) is 0 Å². The third-order valence-electron chi connectivity index (χ3n) is 9.33. The lowest BCUT2D eigenvalue weighted by molar-refractivity contribution is 0.0696. The number of hydrogen-bond acceptors (Lipinski definition) is 10. The molecule has 0 saturated carbocycles. The number of H-pyrrole nitrogens is 2. The summed E-state index contributed by atoms with van der Waals surface area (Å²) in [4.78, 5) is 47.7. The summed E-state index contributed by atoms with van der Waals surface area (Å²) in [7, 11) is 0. The standard InChI is InChI=1S/C22H14ClN3O3.C22H15N3O4.ClH/c23-21(27)13-4-6-14(7-5-13)22-25-19(20(26-22)16-3-1-2-10-24-16)15-8-9-17-18(11-15)29-12-28-17;26-22(27)14-6-4-13(5-7-14)21-24-19(20(25-21)16-3-1-2-10-23-16)15-8-9-17-18(11-15)29-12-28-17;/h1-11H,12H2,(H,25,26);1-11H,12H2,(H,24,25)(H,26,27);1H. The van der Waals surface area contributed by atoms with Gasteiger partial charge in [0.1, 0.15) is 11.6 Å². The average molecular weight is 826 g/mol. The first-order valence-corrected chi connectivity index (χ1v) is 18.2. The first-order valence-electron chi connectivity index (χ1n) is 17.8. The number of carboxylic acid groups (broad SMARTS) is 1. The second kappa shape index (κ2) is 16.5. The summed E-state index contributed by atoms with van der Waals surface area (Å²) in [5.74, 6) is 3.08. The number of aromatic nitrogens is 6. The maximum Gasteiger partial charge on any atom is 0.335 e. The topological polar surface area (TPSA) is 174 Å². The van der Waals surface area contributed by atoms with Crippen molar-refractivity contribution in [2.45, 2.75) is 0 Å². The zero-order valence-corrected chi connectivity index (χ0v) is 32.2. The van der Waals surface area contributed by atoms with Crippen LogP contribution in [0, 0.1) is 0 Å². The van der Waals surface area contributed by atoms with Crippen molar-refractivity contribution in [3.05, 3.63) is 145 Å². The number of carboxylic acids is 1. The number of carbonyl (C=O) groups excluding carboxylic acids is 1. The number of ether oxygens (including phenoxy) is 4. The molecule has 4 aromatic carbocycles. The highest BCUT2D eigenvalue weighted by molar-refractivity contribution is 6.67. The summed E-state index contributed by atoms with van der Waals surface area (Å²) < 4.78 is 21.8. The fraction of sp³-hybridized carbons (Fsp3) is 0.0455. The fourth-order valence-corrected chi connectivity index (χ4v) is 6.57. The number of fused-ring (bicyclic) bond motifs is 2. The Balaban J connectivity index is 0.000000161. The molecule has 13 nitrogen and oxygen atoms in total. The van der Waals surface area contributed by atoms with Gasteiger partial charge in [-0.25, -0.2) is 14.8 Å². The van der Waals surface area contributed by atoms with Crippen LogP contribution in [0.5, 0.6) is 23.0 Å². The molecule has 0 atom stereocenters. The van der Waals surface area contributed by atoms with Crippen LogP contribution < -0.4 is 18.9 Å². The van der Waals surface area contributed by atoms with Crippen LogP contribution in [0.4, 0.5) is 0 Å². The van der Waals surface area contributed by atoms with Gasteiger partial charge in [-0.15, -0.1) is 12.4 Å². The highest BCUT2D eigenvalue weighted by Crippen LogP contribution is 2.40. The van der Waals surface area contributed by atoms with E-state index in [4.69, 9.17) is 45.6 Å². The van der Waals surface area contributed by atoms with E-state index in [0.717, 1.165) is 56.4 Å². The molecule has 15 heteroatoms. The van der Waals surface area contributed by atoms with Crippen LogP contribution in [-0.4, -0.2) is 59.8 Å². The molecular weight excluding hydrogens is 795 g/mol. The van der Waals surface area contributed by atoms with Gasteiger partial charge in [0.2, 0.25) is 13.6 Å². The second-order valence-corrected chi connectivity index (χ2v) is 13.3. The number of pyridine rings is 2. The van der Waals surface area contributed by atoms with Gasteiger partial charge in [-0.3, -0.25) is 14.8 Å². The van der Waals surface area contributed by atoms with Gasteiger partial charge >= 0.3 is 5.97 Å². The SMILES string of the molecule is Cl.O=C(Cl)c1ccc(-c2nc(-c3ccc4c(c3)OCO4)c(-c3ccccn3)[nH]2)cc1.O=C(O)c1ccc(-c2nc(-c3ccc4c(c3)OCO4)c(-c3ccccn3)[nH]2)cc1. The molecule has 2 aliphatic rings. The van der Waals surface area contributed by atoms with E-state index in [-0.39, 0.29) is 31.6 Å². The summed E-state index contributed by atoms with van der Waals surface area (Å²) in [5.41, 5.74) is 8.55. The van der Waals surface area contributed by atoms with Crippen molar-refractivity contribution < 1.29 is 33.6 Å². The Morgan fingerprint density at radius 1 is 0.542 bits per heavy atom. The predicted molar refractivity (Wildman–Crippen MR) is 222 cm³/mol. The predicted octanol–water partition coefficient (Wildman–Crippen LogP) is 9.57. The van der Waals surface area contributed by atoms with Gasteiger partial charge in [0.25, 0.3) is 5.24 Å². The number of hydrogen-bond donors (Lipinski definition) is 3. The highest BCUT2D eigenvalue weighted by atomic mass is 35.5. The molecule has 0 unspecified atom stereocenters. The van der Waals surface area contributed by atoms with Crippen LogP contribution in [0.15, 0.2) is 134 Å². The Bertz CT molecular complexity index is 2600. The van der Waals surface area contributed by atoms with Gasteiger partial charge in [0.15, 0.2) is 23.0 Å². The molecule has 0 aliphatic carbocycles. The van der Waals surface area contributed by atoms with Crippen LogP contribution in [0.25, 0.3) is 68.1 Å². The number of imidazole rings is 2. The lowest BCUT2D eigenvalue weighted by atomic mass is 10.1. The molecule has 0 amide bonds. The Labute approximate surface area is 347 Å². The molecule has 292 valence electrons. The van der Waals surface area contributed by atoms with Gasteiger partial charge in [0, 0.05) is 40.2 Å². The molecule has 8 aromatic rings. The van der Waals surface area contributed by atoms with E-state index in [0.29, 0.717) is 40.2 Å². The van der Waals surface area contributed by atoms with E-state index >= 15 is 0 Å². The van der Waals surface area contributed by atoms with Crippen molar-refractivity contribution in [1.82, 2.24) is 29.9 Å². The maximum atomic E-state index is 11.3. The third-order valence-corrected chi connectivity index (χ3v) is 9.55. The number of rotatable bonds is 8. The lowest BCUT2D eigenvalue weighted by Gasteiger charge is -2.03. The van der Waals surface area contributed by atoms with Gasteiger partial charge in [0.05, 0.1) is 39.7 Å². The molecule has 0 bridgehead atoms. The Hall–Kier alpha value is -7.48. The third kappa shape index (κ3) is 7.92. The van der Waals surface area contributed by atoms with Gasteiger partial charge < -0.3 is 34.0 Å². The largest absolute Gasteiger partial charge is 0.478 e. The lowest BCUT2D eigenvalue weighted by Crippen LogP contribution is -1.95. The molecule has 0 fully saturated rings. The van der Waals surface area contributed by atoms with E-state index in [1.807, 2.05) is 72.8 Å². The summed E-state index contributed by atoms with van der Waals surface area (Å²) >= 11 is 5.54. The van der Waals surface area contributed by atoms with Crippen LogP contribution in [0.3, 0.4) is 0 Å². The second-order valence-electron chi connectivity index (χ2n) is 12.9. The first kappa shape index (κ1) is 38.4. The van der Waals surface area contributed by atoms with Crippen molar-refractivity contribution >= 4 is 35.2 Å². The first-order chi connectivity index (χ1) is 28.4. The number of carbonyl (C=O) groups is 2. The minimum absolute atomic E-state index is 0. The van der Waals surface area contributed by atoms with E-state index in [9.17, 15) is 9.59 Å². The molecule has 6 heterocycles. The van der Waals surface area contributed by atoms with Crippen molar-refractivity contribution in [2.75, 3.05) is 13.6 Å². The molecule has 10 rings (SSSR count). The number of aromatic amines is 2. The summed E-state index contributed by atoms with van der Waals surface area (Å²) in [5, 5.41) is 8.62. The maximum absolute atomic E-state index is 11.3. The minimum Gasteiger partial charge on any atom is -0.478 e. The smallest absolute Gasteiger partial charge is 0.335 e. The number of nitrogens with zero attached hydrogens (tertiary/aromatic N) is 4. The molecular formula is C44H30Cl2N6O7. The van der Waals surface area contributed by atoms with Crippen LogP contribution >= 0.6 is 24.0 Å². The van der Waals surface area contributed by atoms with E-state index < -0.39 is 11.2 Å². The summed E-state index contributed by atoms with van der Waals surface area (Å²) in [6.45, 7) is 0.414. The quantitative estimate of drug-likeness (QED) is 0.125. The molecule has 0 spiro atoms. The zero-order chi connectivity index (χ0) is 39.6. The monoisotopic (exact) mass is 824 g/mol. The number of nitrogens with one attached hydrogen (secondary N) is 2. The molecule has 0 radical (unpaired) electrons. The Morgan fingerprint density at radius 2 is 0.966 bits per heavy atom. The Morgan fingerprint density at radius 3 is 1.37 bits per heavy atom. The van der Waals surface area contributed by atoms with E-state index in [1.54, 1.807) is 60.9 Å². The molecule has 59 heavy (non-hydrogen) atoms. The number of halogens is 2. The van der Waals surface area contributed by atoms with Crippen LogP contribution in [0.2, 0.25) is 0 Å².